The van der Waals surface area contributed by atoms with Crippen molar-refractivity contribution in [2.75, 3.05) is 23.7 Å². The van der Waals surface area contributed by atoms with Crippen molar-refractivity contribution >= 4 is 21.6 Å². The first-order valence-electron chi connectivity index (χ1n) is 8.67. The van der Waals surface area contributed by atoms with E-state index in [0.717, 1.165) is 50.1 Å². The van der Waals surface area contributed by atoms with Gasteiger partial charge in [0.05, 0.1) is 17.5 Å². The molecular weight excluding hydrogens is 381 g/mol. The van der Waals surface area contributed by atoms with Crippen LogP contribution >= 0.6 is 0 Å². The van der Waals surface area contributed by atoms with Crippen LogP contribution in [0.4, 0.5) is 18.9 Å². The third-order valence-corrected chi connectivity index (χ3v) is 5.44. The summed E-state index contributed by atoms with van der Waals surface area (Å²) in [4.78, 5) is 12.1. The molecule has 0 heterocycles. The lowest BCUT2D eigenvalue weighted by molar-refractivity contribution is -0.137. The van der Waals surface area contributed by atoms with E-state index in [1.807, 2.05) is 0 Å². The van der Waals surface area contributed by atoms with E-state index in [0.29, 0.717) is 17.3 Å². The van der Waals surface area contributed by atoms with E-state index in [1.165, 1.54) is 11.6 Å². The minimum Gasteiger partial charge on any atom is -0.354 e. The molecule has 1 aromatic carbocycles. The van der Waals surface area contributed by atoms with E-state index in [1.54, 1.807) is 0 Å². The van der Waals surface area contributed by atoms with Gasteiger partial charge in [0, 0.05) is 6.54 Å². The molecule has 0 fully saturated rings. The summed E-state index contributed by atoms with van der Waals surface area (Å²) in [6, 6.07) is 3.92. The summed E-state index contributed by atoms with van der Waals surface area (Å²) in [5.74, 6) is -0.561. The van der Waals surface area contributed by atoms with E-state index >= 15 is 0 Å². The molecule has 0 atom stereocenters. The average Bonchev–Trinajstić information content (AvgIpc) is 2.59. The number of carbonyl (C=O) groups is 1. The van der Waals surface area contributed by atoms with Gasteiger partial charge in [-0.2, -0.15) is 13.2 Å². The standard InChI is InChI=1S/C18H23F3N2O3S/c1-27(25,26)23(16-9-5-8-15(12-16)18(19,20)21)13-17(24)22-11-10-14-6-3-2-4-7-14/h5-6,8-9,12H,2-4,7,10-11,13H2,1H3,(H,22,24). The van der Waals surface area contributed by atoms with E-state index in [2.05, 4.69) is 11.4 Å². The third-order valence-electron chi connectivity index (χ3n) is 4.30. The highest BCUT2D eigenvalue weighted by molar-refractivity contribution is 7.92. The number of carbonyl (C=O) groups excluding carboxylic acids is 1. The van der Waals surface area contributed by atoms with Gasteiger partial charge in [-0.3, -0.25) is 9.10 Å². The highest BCUT2D eigenvalue weighted by Gasteiger charge is 2.31. The number of benzene rings is 1. The summed E-state index contributed by atoms with van der Waals surface area (Å²) in [6.07, 6.45) is 3.40. The topological polar surface area (TPSA) is 66.5 Å². The van der Waals surface area contributed by atoms with Crippen LogP contribution in [-0.2, 0) is 21.0 Å². The lowest BCUT2D eigenvalue weighted by Crippen LogP contribution is -2.40. The van der Waals surface area contributed by atoms with Crippen molar-refractivity contribution in [3.05, 3.63) is 41.5 Å². The number of rotatable bonds is 7. The molecule has 9 heteroatoms. The summed E-state index contributed by atoms with van der Waals surface area (Å²) < 4.78 is 63.3. The number of hydrogen-bond acceptors (Lipinski definition) is 3. The van der Waals surface area contributed by atoms with Crippen molar-refractivity contribution in [3.8, 4) is 0 Å². The molecule has 1 aliphatic rings. The maximum atomic E-state index is 12.9. The Kier molecular flexibility index (Phi) is 6.91. The number of halogens is 3. The predicted molar refractivity (Wildman–Crippen MR) is 97.8 cm³/mol. The number of anilines is 1. The molecule has 1 amide bonds. The van der Waals surface area contributed by atoms with Crippen LogP contribution in [0, 0.1) is 0 Å². The second-order valence-electron chi connectivity index (χ2n) is 6.53. The van der Waals surface area contributed by atoms with E-state index in [4.69, 9.17) is 0 Å². The van der Waals surface area contributed by atoms with Gasteiger partial charge in [0.2, 0.25) is 15.9 Å². The third kappa shape index (κ3) is 6.57. The number of allylic oxidation sites excluding steroid dienone is 1. The van der Waals surface area contributed by atoms with Gasteiger partial charge in [0.25, 0.3) is 0 Å². The lowest BCUT2D eigenvalue weighted by Gasteiger charge is -2.23. The molecule has 150 valence electrons. The van der Waals surface area contributed by atoms with Crippen molar-refractivity contribution in [1.82, 2.24) is 5.32 Å². The van der Waals surface area contributed by atoms with Crippen LogP contribution in [0.5, 0.6) is 0 Å². The Balaban J connectivity index is 2.04. The molecule has 27 heavy (non-hydrogen) atoms. The zero-order valence-electron chi connectivity index (χ0n) is 15.1. The largest absolute Gasteiger partial charge is 0.416 e. The molecule has 1 aliphatic carbocycles. The number of hydrogen-bond donors (Lipinski definition) is 1. The van der Waals surface area contributed by atoms with Crippen molar-refractivity contribution < 1.29 is 26.4 Å². The number of amides is 1. The Morgan fingerprint density at radius 1 is 1.26 bits per heavy atom. The van der Waals surface area contributed by atoms with Crippen molar-refractivity contribution in [2.45, 2.75) is 38.3 Å². The molecule has 0 unspecified atom stereocenters. The zero-order valence-corrected chi connectivity index (χ0v) is 15.9. The maximum absolute atomic E-state index is 12.9. The van der Waals surface area contributed by atoms with Gasteiger partial charge in [-0.05, 0) is 50.3 Å². The van der Waals surface area contributed by atoms with Gasteiger partial charge in [-0.25, -0.2) is 8.42 Å². The molecule has 0 radical (unpaired) electrons. The van der Waals surface area contributed by atoms with Crippen LogP contribution in [0.15, 0.2) is 35.9 Å². The molecule has 0 bridgehead atoms. The highest BCUT2D eigenvalue weighted by Crippen LogP contribution is 2.32. The van der Waals surface area contributed by atoms with Crippen LogP contribution in [0.1, 0.15) is 37.7 Å². The van der Waals surface area contributed by atoms with Gasteiger partial charge in [-0.1, -0.05) is 17.7 Å². The summed E-state index contributed by atoms with van der Waals surface area (Å²) in [5, 5.41) is 2.64. The maximum Gasteiger partial charge on any atom is 0.416 e. The fourth-order valence-corrected chi connectivity index (χ4v) is 3.77. The van der Waals surface area contributed by atoms with Crippen LogP contribution in [0.3, 0.4) is 0 Å². The summed E-state index contributed by atoms with van der Waals surface area (Å²) in [5.41, 5.74) is 0.0927. The SMILES string of the molecule is CS(=O)(=O)N(CC(=O)NCCC1=CCCCC1)c1cccc(C(F)(F)F)c1. The number of alkyl halides is 3. The zero-order chi connectivity index (χ0) is 20.1. The molecule has 0 spiro atoms. The normalized spacial score (nSPS) is 15.2. The molecule has 0 aliphatic heterocycles. The van der Waals surface area contributed by atoms with Gasteiger partial charge < -0.3 is 5.32 Å². The summed E-state index contributed by atoms with van der Waals surface area (Å²) in [7, 11) is -3.93. The van der Waals surface area contributed by atoms with Gasteiger partial charge in [-0.15, -0.1) is 0 Å². The van der Waals surface area contributed by atoms with Crippen LogP contribution in [-0.4, -0.2) is 33.7 Å². The van der Waals surface area contributed by atoms with Crippen molar-refractivity contribution in [2.24, 2.45) is 0 Å². The quantitative estimate of drug-likeness (QED) is 0.708. The summed E-state index contributed by atoms with van der Waals surface area (Å²) >= 11 is 0. The van der Waals surface area contributed by atoms with Crippen LogP contribution in [0.2, 0.25) is 0 Å². The Labute approximate surface area is 157 Å². The molecule has 1 N–H and O–H groups in total. The fourth-order valence-electron chi connectivity index (χ4n) is 2.92. The number of nitrogens with zero attached hydrogens (tertiary/aromatic N) is 1. The fraction of sp³-hybridized carbons (Fsp3) is 0.500. The van der Waals surface area contributed by atoms with Crippen molar-refractivity contribution in [3.63, 3.8) is 0 Å². The highest BCUT2D eigenvalue weighted by atomic mass is 32.2. The smallest absolute Gasteiger partial charge is 0.354 e. The molecule has 2 rings (SSSR count). The molecule has 5 nitrogen and oxygen atoms in total. The monoisotopic (exact) mass is 404 g/mol. The van der Waals surface area contributed by atoms with E-state index in [9.17, 15) is 26.4 Å². The Hall–Kier alpha value is -2.03. The second kappa shape index (κ2) is 8.77. The molecular formula is C18H23F3N2O3S. The van der Waals surface area contributed by atoms with E-state index in [-0.39, 0.29) is 5.69 Å². The molecule has 0 saturated carbocycles. The van der Waals surface area contributed by atoms with Gasteiger partial charge in [0.1, 0.15) is 6.54 Å². The first-order valence-corrected chi connectivity index (χ1v) is 10.5. The van der Waals surface area contributed by atoms with Crippen molar-refractivity contribution in [1.29, 1.82) is 0 Å². The number of nitrogens with one attached hydrogen (secondary N) is 1. The van der Waals surface area contributed by atoms with Gasteiger partial charge >= 0.3 is 6.18 Å². The molecule has 0 aromatic heterocycles. The molecule has 0 saturated heterocycles. The van der Waals surface area contributed by atoms with E-state index < -0.39 is 34.2 Å². The number of sulfonamides is 1. The lowest BCUT2D eigenvalue weighted by atomic mass is 9.97. The Morgan fingerprint density at radius 3 is 2.59 bits per heavy atom. The average molecular weight is 404 g/mol. The first-order chi connectivity index (χ1) is 12.6. The predicted octanol–water partition coefficient (Wildman–Crippen LogP) is 3.48. The minimum absolute atomic E-state index is 0.197. The minimum atomic E-state index is -4.60. The van der Waals surface area contributed by atoms with Crippen LogP contribution in [0.25, 0.3) is 0 Å². The van der Waals surface area contributed by atoms with Crippen LogP contribution < -0.4 is 9.62 Å². The Bertz CT molecular complexity index is 804. The Morgan fingerprint density at radius 2 is 2.00 bits per heavy atom. The molecule has 1 aromatic rings. The summed E-state index contributed by atoms with van der Waals surface area (Å²) in [6.45, 7) is -0.204. The first kappa shape index (κ1) is 21.3. The van der Waals surface area contributed by atoms with Gasteiger partial charge in [0.15, 0.2) is 0 Å². The second-order valence-corrected chi connectivity index (χ2v) is 8.43.